The molecule has 0 aliphatic rings. The van der Waals surface area contributed by atoms with Gasteiger partial charge in [-0.3, -0.25) is 0 Å². The standard InChI is InChI=1S/C6H7F2N3O2/c1-13-6(12)5-9-3-10-11(5)2-4(7)8/h3-4H,2H2,1H3. The average Bonchev–Trinajstić information content (AvgIpc) is 2.50. The minimum Gasteiger partial charge on any atom is -0.463 e. The third-order valence-electron chi connectivity index (χ3n) is 1.29. The van der Waals surface area contributed by atoms with Crippen molar-refractivity contribution in [3.63, 3.8) is 0 Å². The Kier molecular flexibility index (Phi) is 2.88. The van der Waals surface area contributed by atoms with E-state index in [1.807, 2.05) is 0 Å². The summed E-state index contributed by atoms with van der Waals surface area (Å²) >= 11 is 0. The monoisotopic (exact) mass is 191 g/mol. The topological polar surface area (TPSA) is 57.0 Å². The molecule has 0 saturated carbocycles. The van der Waals surface area contributed by atoms with Crippen molar-refractivity contribution in [3.05, 3.63) is 12.2 Å². The second-order valence-electron chi connectivity index (χ2n) is 2.15. The second-order valence-corrected chi connectivity index (χ2v) is 2.15. The largest absolute Gasteiger partial charge is 0.463 e. The average molecular weight is 191 g/mol. The number of halogens is 2. The van der Waals surface area contributed by atoms with E-state index in [2.05, 4.69) is 14.8 Å². The van der Waals surface area contributed by atoms with E-state index in [1.54, 1.807) is 0 Å². The van der Waals surface area contributed by atoms with Gasteiger partial charge in [-0.05, 0) is 0 Å². The van der Waals surface area contributed by atoms with Crippen molar-refractivity contribution in [2.75, 3.05) is 7.11 Å². The Labute approximate surface area is 72.3 Å². The van der Waals surface area contributed by atoms with E-state index in [0.717, 1.165) is 18.1 Å². The lowest BCUT2D eigenvalue weighted by Gasteiger charge is -2.02. The van der Waals surface area contributed by atoms with Crippen LogP contribution in [0.15, 0.2) is 6.33 Å². The van der Waals surface area contributed by atoms with E-state index in [0.29, 0.717) is 0 Å². The summed E-state index contributed by atoms with van der Waals surface area (Å²) in [5.41, 5.74) is 0. The van der Waals surface area contributed by atoms with Crippen LogP contribution in [0.2, 0.25) is 0 Å². The van der Waals surface area contributed by atoms with Gasteiger partial charge in [0.2, 0.25) is 5.82 Å². The zero-order valence-corrected chi connectivity index (χ0v) is 6.78. The molecule has 0 saturated heterocycles. The van der Waals surface area contributed by atoms with Crippen LogP contribution in [0.4, 0.5) is 8.78 Å². The number of carbonyl (C=O) groups is 1. The van der Waals surface area contributed by atoms with Gasteiger partial charge in [0.05, 0.1) is 7.11 Å². The molecule has 0 aliphatic heterocycles. The highest BCUT2D eigenvalue weighted by Gasteiger charge is 2.16. The Morgan fingerprint density at radius 1 is 1.77 bits per heavy atom. The molecule has 0 N–H and O–H groups in total. The fraction of sp³-hybridized carbons (Fsp3) is 0.500. The van der Waals surface area contributed by atoms with E-state index >= 15 is 0 Å². The molecule has 5 nitrogen and oxygen atoms in total. The molecule has 13 heavy (non-hydrogen) atoms. The Morgan fingerprint density at radius 3 is 3.00 bits per heavy atom. The molecule has 1 aromatic rings. The molecule has 0 fully saturated rings. The van der Waals surface area contributed by atoms with Crippen LogP contribution in [0.1, 0.15) is 10.6 Å². The molecule has 0 amide bonds. The summed E-state index contributed by atoms with van der Waals surface area (Å²) in [7, 11) is 1.14. The summed E-state index contributed by atoms with van der Waals surface area (Å²) in [6.07, 6.45) is -1.56. The van der Waals surface area contributed by atoms with Gasteiger partial charge < -0.3 is 4.74 Å². The van der Waals surface area contributed by atoms with Crippen LogP contribution in [0.5, 0.6) is 0 Å². The minimum absolute atomic E-state index is 0.220. The Morgan fingerprint density at radius 2 is 2.46 bits per heavy atom. The first-order chi connectivity index (χ1) is 6.15. The molecule has 0 aromatic carbocycles. The van der Waals surface area contributed by atoms with E-state index in [9.17, 15) is 13.6 Å². The Balaban J connectivity index is 2.83. The van der Waals surface area contributed by atoms with Crippen molar-refractivity contribution in [1.82, 2.24) is 14.8 Å². The molecule has 1 heterocycles. The SMILES string of the molecule is COC(=O)c1ncnn1CC(F)F. The van der Waals surface area contributed by atoms with Gasteiger partial charge in [-0.2, -0.15) is 5.10 Å². The molecular formula is C6H7F2N3O2. The molecule has 72 valence electrons. The first kappa shape index (κ1) is 9.56. The number of aromatic nitrogens is 3. The zero-order valence-electron chi connectivity index (χ0n) is 6.78. The molecule has 0 bridgehead atoms. The lowest BCUT2D eigenvalue weighted by atomic mass is 10.6. The normalized spacial score (nSPS) is 10.5. The molecular weight excluding hydrogens is 184 g/mol. The quantitative estimate of drug-likeness (QED) is 0.646. The number of nitrogens with zero attached hydrogens (tertiary/aromatic N) is 3. The smallest absolute Gasteiger partial charge is 0.375 e. The lowest BCUT2D eigenvalue weighted by Crippen LogP contribution is -2.16. The number of hydrogen-bond donors (Lipinski definition) is 0. The van der Waals surface area contributed by atoms with E-state index < -0.39 is 18.9 Å². The highest BCUT2D eigenvalue weighted by atomic mass is 19.3. The maximum Gasteiger partial charge on any atom is 0.375 e. The molecule has 1 rings (SSSR count). The van der Waals surface area contributed by atoms with Crippen LogP contribution >= 0.6 is 0 Å². The third-order valence-corrected chi connectivity index (χ3v) is 1.29. The van der Waals surface area contributed by atoms with Gasteiger partial charge in [0, 0.05) is 0 Å². The van der Waals surface area contributed by atoms with E-state index in [1.165, 1.54) is 0 Å². The maximum absolute atomic E-state index is 11.9. The van der Waals surface area contributed by atoms with E-state index in [4.69, 9.17) is 0 Å². The van der Waals surface area contributed by atoms with Crippen molar-refractivity contribution in [2.45, 2.75) is 13.0 Å². The van der Waals surface area contributed by atoms with Crippen LogP contribution in [0.25, 0.3) is 0 Å². The van der Waals surface area contributed by atoms with Crippen LogP contribution in [-0.2, 0) is 11.3 Å². The van der Waals surface area contributed by atoms with Gasteiger partial charge in [-0.15, -0.1) is 0 Å². The van der Waals surface area contributed by atoms with Crippen molar-refractivity contribution in [2.24, 2.45) is 0 Å². The predicted octanol–water partition coefficient (Wildman–Crippen LogP) is 0.330. The van der Waals surface area contributed by atoms with Gasteiger partial charge in [-0.1, -0.05) is 0 Å². The van der Waals surface area contributed by atoms with Crippen LogP contribution < -0.4 is 0 Å². The maximum atomic E-state index is 11.9. The van der Waals surface area contributed by atoms with Crippen LogP contribution in [-0.4, -0.2) is 34.3 Å². The summed E-state index contributed by atoms with van der Waals surface area (Å²) in [6.45, 7) is -0.662. The molecule has 7 heteroatoms. The van der Waals surface area contributed by atoms with Gasteiger partial charge >= 0.3 is 5.97 Å². The van der Waals surface area contributed by atoms with Gasteiger partial charge in [0.15, 0.2) is 0 Å². The zero-order chi connectivity index (χ0) is 9.84. The van der Waals surface area contributed by atoms with Gasteiger partial charge in [0.25, 0.3) is 6.43 Å². The van der Waals surface area contributed by atoms with Crippen molar-refractivity contribution in [3.8, 4) is 0 Å². The van der Waals surface area contributed by atoms with Gasteiger partial charge in [0.1, 0.15) is 12.9 Å². The Hall–Kier alpha value is -1.53. The second kappa shape index (κ2) is 3.92. The molecule has 0 unspecified atom stereocenters. The summed E-state index contributed by atoms with van der Waals surface area (Å²) < 4.78 is 28.9. The fourth-order valence-corrected chi connectivity index (χ4v) is 0.778. The number of carbonyl (C=O) groups excluding carboxylic acids is 1. The molecule has 0 atom stereocenters. The highest BCUT2D eigenvalue weighted by Crippen LogP contribution is 2.01. The van der Waals surface area contributed by atoms with Crippen LogP contribution in [0, 0.1) is 0 Å². The number of alkyl halides is 2. The molecule has 0 spiro atoms. The molecule has 0 aliphatic carbocycles. The van der Waals surface area contributed by atoms with Gasteiger partial charge in [-0.25, -0.2) is 23.2 Å². The molecule has 0 radical (unpaired) electrons. The molecule has 1 aromatic heterocycles. The first-order valence-electron chi connectivity index (χ1n) is 3.39. The number of rotatable bonds is 3. The summed E-state index contributed by atoms with van der Waals surface area (Å²) in [5.74, 6) is -0.999. The number of methoxy groups -OCH3 is 1. The Bertz CT molecular complexity index is 300. The first-order valence-corrected chi connectivity index (χ1v) is 3.39. The van der Waals surface area contributed by atoms with Crippen LogP contribution in [0.3, 0.4) is 0 Å². The number of ether oxygens (including phenoxy) is 1. The lowest BCUT2D eigenvalue weighted by molar-refractivity contribution is 0.0568. The van der Waals surface area contributed by atoms with Crippen molar-refractivity contribution in [1.29, 1.82) is 0 Å². The summed E-state index contributed by atoms with van der Waals surface area (Å²) in [5, 5.41) is 3.45. The fourth-order valence-electron chi connectivity index (χ4n) is 0.778. The van der Waals surface area contributed by atoms with Crippen molar-refractivity contribution < 1.29 is 18.3 Å². The highest BCUT2D eigenvalue weighted by molar-refractivity contribution is 5.85. The summed E-state index contributed by atoms with van der Waals surface area (Å²) in [6, 6.07) is 0. The summed E-state index contributed by atoms with van der Waals surface area (Å²) in [4.78, 5) is 14.4. The number of esters is 1. The predicted molar refractivity (Wildman–Crippen MR) is 37.4 cm³/mol. The van der Waals surface area contributed by atoms with Crippen molar-refractivity contribution >= 4 is 5.97 Å². The minimum atomic E-state index is -2.58. The third kappa shape index (κ3) is 2.20. The number of hydrogen-bond acceptors (Lipinski definition) is 4. The van der Waals surface area contributed by atoms with E-state index in [-0.39, 0.29) is 5.82 Å².